The van der Waals surface area contributed by atoms with E-state index >= 15 is 0 Å². The monoisotopic (exact) mass is 615 g/mol. The Morgan fingerprint density at radius 1 is 1.00 bits per heavy atom. The average Bonchev–Trinajstić information content (AvgIpc) is 2.74. The quantitative estimate of drug-likeness (QED) is 0.409. The third kappa shape index (κ3) is 8.39. The van der Waals surface area contributed by atoms with Crippen LogP contribution in [0, 0.1) is 0 Å². The second-order valence-electron chi connectivity index (χ2n) is 9.57. The lowest BCUT2D eigenvalue weighted by Gasteiger charge is -2.33. The molecular weight excluding hydrogens is 590 g/mol. The molecule has 2 rings (SSSR count). The molecule has 0 aromatic heterocycles. The molecular formula is C24H27Cl3F3N3O4S. The number of amides is 2. The third-order valence-corrected chi connectivity index (χ3v) is 7.43. The maximum Gasteiger partial charge on any atom is 0.416 e. The van der Waals surface area contributed by atoms with Gasteiger partial charge in [0.1, 0.15) is 12.6 Å². The molecule has 2 aromatic rings. The van der Waals surface area contributed by atoms with Crippen LogP contribution in [0.15, 0.2) is 36.4 Å². The van der Waals surface area contributed by atoms with Gasteiger partial charge in [-0.3, -0.25) is 13.9 Å². The van der Waals surface area contributed by atoms with Crippen LogP contribution in [0.3, 0.4) is 0 Å². The van der Waals surface area contributed by atoms with Gasteiger partial charge in [0.2, 0.25) is 21.8 Å². The molecule has 210 valence electrons. The fourth-order valence-corrected chi connectivity index (χ4v) is 5.03. The van der Waals surface area contributed by atoms with Gasteiger partial charge in [0.25, 0.3) is 0 Å². The SMILES string of the molecule is C[C@H](C(=O)NC(C)(C)C)N(Cc1c(Cl)cccc1Cl)C(=O)CN(c1cc(C(F)(F)F)ccc1Cl)S(C)(=O)=O. The molecule has 0 aliphatic carbocycles. The van der Waals surface area contributed by atoms with Gasteiger partial charge in [0.05, 0.1) is 22.5 Å². The van der Waals surface area contributed by atoms with Gasteiger partial charge in [-0.2, -0.15) is 13.2 Å². The van der Waals surface area contributed by atoms with Crippen LogP contribution in [0.4, 0.5) is 18.9 Å². The normalized spacial score (nSPS) is 13.1. The van der Waals surface area contributed by atoms with Crippen molar-refractivity contribution in [1.29, 1.82) is 0 Å². The number of rotatable bonds is 8. The predicted octanol–water partition coefficient (Wildman–Crippen LogP) is 5.76. The zero-order chi connectivity index (χ0) is 29.2. The molecule has 0 bridgehead atoms. The summed E-state index contributed by atoms with van der Waals surface area (Å²) in [5, 5.41) is 2.81. The van der Waals surface area contributed by atoms with Crippen LogP contribution in [0.1, 0.15) is 38.8 Å². The zero-order valence-electron chi connectivity index (χ0n) is 21.2. The lowest BCUT2D eigenvalue weighted by atomic mass is 10.1. The van der Waals surface area contributed by atoms with Crippen molar-refractivity contribution >= 4 is 62.3 Å². The predicted molar refractivity (Wildman–Crippen MR) is 143 cm³/mol. The molecule has 1 atom stereocenters. The van der Waals surface area contributed by atoms with Crippen LogP contribution in [0.25, 0.3) is 0 Å². The van der Waals surface area contributed by atoms with E-state index in [9.17, 15) is 31.2 Å². The van der Waals surface area contributed by atoms with Gasteiger partial charge in [-0.25, -0.2) is 8.42 Å². The van der Waals surface area contributed by atoms with E-state index in [0.29, 0.717) is 22.0 Å². The number of alkyl halides is 3. The average molecular weight is 617 g/mol. The topological polar surface area (TPSA) is 86.8 Å². The van der Waals surface area contributed by atoms with Crippen LogP contribution < -0.4 is 9.62 Å². The maximum absolute atomic E-state index is 13.6. The summed E-state index contributed by atoms with van der Waals surface area (Å²) >= 11 is 18.6. The van der Waals surface area contributed by atoms with Gasteiger partial charge >= 0.3 is 6.18 Å². The van der Waals surface area contributed by atoms with Crippen LogP contribution in [0.5, 0.6) is 0 Å². The number of carbonyl (C=O) groups is 2. The van der Waals surface area contributed by atoms with Gasteiger partial charge in [0.15, 0.2) is 0 Å². The number of hydrogen-bond acceptors (Lipinski definition) is 4. The Morgan fingerprint density at radius 3 is 2.03 bits per heavy atom. The molecule has 0 spiro atoms. The van der Waals surface area contributed by atoms with E-state index in [1.54, 1.807) is 26.8 Å². The number of nitrogens with zero attached hydrogens (tertiary/aromatic N) is 2. The van der Waals surface area contributed by atoms with Gasteiger partial charge < -0.3 is 10.2 Å². The Bertz CT molecular complexity index is 1290. The summed E-state index contributed by atoms with van der Waals surface area (Å²) in [5.74, 6) is -1.46. The molecule has 2 aromatic carbocycles. The Balaban J connectivity index is 2.57. The maximum atomic E-state index is 13.6. The van der Waals surface area contributed by atoms with Crippen molar-refractivity contribution in [2.45, 2.75) is 52.0 Å². The van der Waals surface area contributed by atoms with Crippen molar-refractivity contribution in [2.24, 2.45) is 0 Å². The van der Waals surface area contributed by atoms with E-state index in [0.717, 1.165) is 17.2 Å². The Labute approximate surface area is 234 Å². The first-order valence-electron chi connectivity index (χ1n) is 11.1. The molecule has 7 nitrogen and oxygen atoms in total. The van der Waals surface area contributed by atoms with E-state index < -0.39 is 57.4 Å². The molecule has 0 heterocycles. The van der Waals surface area contributed by atoms with Gasteiger partial charge in [0, 0.05) is 27.7 Å². The van der Waals surface area contributed by atoms with Crippen molar-refractivity contribution in [2.75, 3.05) is 17.1 Å². The summed E-state index contributed by atoms with van der Waals surface area (Å²) in [6, 6.07) is 5.61. The molecule has 0 saturated carbocycles. The highest BCUT2D eigenvalue weighted by Crippen LogP contribution is 2.36. The number of halogens is 6. The van der Waals surface area contributed by atoms with Crippen LogP contribution in [-0.2, 0) is 32.3 Å². The van der Waals surface area contributed by atoms with Crippen molar-refractivity contribution in [3.8, 4) is 0 Å². The molecule has 0 radical (unpaired) electrons. The van der Waals surface area contributed by atoms with E-state index in [2.05, 4.69) is 5.32 Å². The van der Waals surface area contributed by atoms with Crippen molar-refractivity contribution in [1.82, 2.24) is 10.2 Å². The fourth-order valence-electron chi connectivity index (χ4n) is 3.39. The first-order valence-corrected chi connectivity index (χ1v) is 14.1. The third-order valence-electron chi connectivity index (χ3n) is 5.28. The number of carbonyl (C=O) groups excluding carboxylic acids is 2. The summed E-state index contributed by atoms with van der Waals surface area (Å²) in [6.45, 7) is 5.38. The smallest absolute Gasteiger partial charge is 0.350 e. The molecule has 0 unspecified atom stereocenters. The minimum Gasteiger partial charge on any atom is -0.350 e. The zero-order valence-corrected chi connectivity index (χ0v) is 24.2. The molecule has 0 saturated heterocycles. The van der Waals surface area contributed by atoms with Crippen LogP contribution in [-0.4, -0.2) is 49.5 Å². The largest absolute Gasteiger partial charge is 0.416 e. The molecule has 0 aliphatic rings. The van der Waals surface area contributed by atoms with Gasteiger partial charge in [-0.15, -0.1) is 0 Å². The van der Waals surface area contributed by atoms with Crippen molar-refractivity contribution < 1.29 is 31.2 Å². The van der Waals surface area contributed by atoms with E-state index in [1.165, 1.54) is 19.1 Å². The minimum absolute atomic E-state index is 0.194. The highest BCUT2D eigenvalue weighted by Gasteiger charge is 2.35. The first-order chi connectivity index (χ1) is 17.2. The second kappa shape index (κ2) is 11.9. The summed E-state index contributed by atoms with van der Waals surface area (Å²) < 4.78 is 65.8. The number of hydrogen-bond donors (Lipinski definition) is 1. The number of benzene rings is 2. The molecule has 14 heteroatoms. The lowest BCUT2D eigenvalue weighted by Crippen LogP contribution is -2.54. The van der Waals surface area contributed by atoms with Crippen LogP contribution in [0.2, 0.25) is 15.1 Å². The highest BCUT2D eigenvalue weighted by atomic mass is 35.5. The van der Waals surface area contributed by atoms with Crippen molar-refractivity contribution in [3.63, 3.8) is 0 Å². The van der Waals surface area contributed by atoms with E-state index in [-0.39, 0.29) is 21.6 Å². The number of nitrogens with one attached hydrogen (secondary N) is 1. The molecule has 38 heavy (non-hydrogen) atoms. The lowest BCUT2D eigenvalue weighted by molar-refractivity contribution is -0.140. The molecule has 0 aliphatic heterocycles. The second-order valence-corrected chi connectivity index (χ2v) is 12.7. The fraction of sp³-hybridized carbons (Fsp3) is 0.417. The number of sulfonamides is 1. The molecule has 1 N–H and O–H groups in total. The standard InChI is InChI=1S/C24H27Cl3F3N3O4S/c1-14(22(35)31-23(2,3)4)32(12-16-17(25)7-6-8-18(16)26)21(34)13-33(38(5,36)37)20-11-15(24(28,29)30)9-10-19(20)27/h6-11,14H,12-13H2,1-5H3,(H,31,35)/t14-/m1/s1. The van der Waals surface area contributed by atoms with Crippen molar-refractivity contribution in [3.05, 3.63) is 62.6 Å². The molecule has 2 amide bonds. The summed E-state index contributed by atoms with van der Waals surface area (Å²) in [7, 11) is -4.31. The Morgan fingerprint density at radius 2 is 1.55 bits per heavy atom. The van der Waals surface area contributed by atoms with E-state index in [1.807, 2.05) is 0 Å². The number of anilines is 1. The minimum atomic E-state index is -4.79. The van der Waals surface area contributed by atoms with Gasteiger partial charge in [-0.05, 0) is 58.0 Å². The van der Waals surface area contributed by atoms with E-state index in [4.69, 9.17) is 34.8 Å². The molecule has 0 fully saturated rings. The summed E-state index contributed by atoms with van der Waals surface area (Å²) in [4.78, 5) is 27.6. The van der Waals surface area contributed by atoms with Crippen LogP contribution >= 0.6 is 34.8 Å². The Hall–Kier alpha value is -2.21. The summed E-state index contributed by atoms with van der Waals surface area (Å²) in [6.07, 6.45) is -4.07. The summed E-state index contributed by atoms with van der Waals surface area (Å²) in [5.41, 5.74) is -2.06. The first kappa shape index (κ1) is 32.0. The van der Waals surface area contributed by atoms with Gasteiger partial charge in [-0.1, -0.05) is 40.9 Å². The highest BCUT2D eigenvalue weighted by molar-refractivity contribution is 7.92. The Kier molecular flexibility index (Phi) is 10.0.